The van der Waals surface area contributed by atoms with Gasteiger partial charge in [-0.15, -0.1) is 24.2 Å². The summed E-state index contributed by atoms with van der Waals surface area (Å²) in [5.74, 6) is 0.532. The molecule has 1 rings (SSSR count). The van der Waals surface area contributed by atoms with Crippen molar-refractivity contribution in [2.75, 3.05) is 6.61 Å². The van der Waals surface area contributed by atoms with E-state index in [2.05, 4.69) is 12.6 Å². The molecule has 1 aromatic rings. The van der Waals surface area contributed by atoms with Gasteiger partial charge in [0.15, 0.2) is 5.78 Å². The number of rotatable bonds is 4. The molecule has 0 N–H and O–H groups in total. The first kappa shape index (κ1) is 12.4. The number of ether oxygens (including phenoxy) is 1. The lowest BCUT2D eigenvalue weighted by Gasteiger charge is -2.13. The number of alkyl halides is 1. The number of thiol groups is 1. The first-order valence-electron chi connectivity index (χ1n) is 4.66. The Morgan fingerprint density at radius 3 is 2.80 bits per heavy atom. The lowest BCUT2D eigenvalue weighted by molar-refractivity contribution is -0.116. The molecule has 0 aliphatic rings. The summed E-state index contributed by atoms with van der Waals surface area (Å²) in [6.07, 6.45) is 0. The Morgan fingerprint density at radius 1 is 1.60 bits per heavy atom. The van der Waals surface area contributed by atoms with E-state index >= 15 is 0 Å². The zero-order valence-electron chi connectivity index (χ0n) is 8.66. The van der Waals surface area contributed by atoms with Crippen molar-refractivity contribution in [3.05, 3.63) is 23.8 Å². The third-order valence-electron chi connectivity index (χ3n) is 1.93. The van der Waals surface area contributed by atoms with Gasteiger partial charge in [0.2, 0.25) is 0 Å². The normalized spacial score (nSPS) is 12.3. The summed E-state index contributed by atoms with van der Waals surface area (Å²) in [4.78, 5) is 12.0. The van der Waals surface area contributed by atoms with Crippen molar-refractivity contribution in [3.8, 4) is 5.75 Å². The number of Topliss-reactive ketones (excluding diaryl/α,β-unsaturated/α-hetero) is 1. The fraction of sp³-hybridized carbons (Fsp3) is 0.364. The Kier molecular flexibility index (Phi) is 4.48. The maximum atomic E-state index is 11.2. The van der Waals surface area contributed by atoms with Gasteiger partial charge in [0.05, 0.1) is 6.61 Å². The molecule has 1 atom stereocenters. The van der Waals surface area contributed by atoms with E-state index < -0.39 is 5.38 Å². The molecule has 0 saturated carbocycles. The second kappa shape index (κ2) is 5.42. The van der Waals surface area contributed by atoms with Crippen LogP contribution >= 0.6 is 24.2 Å². The molecule has 0 spiro atoms. The minimum absolute atomic E-state index is 0.0930. The third-order valence-corrected chi connectivity index (χ3v) is 2.75. The van der Waals surface area contributed by atoms with Crippen molar-refractivity contribution in [1.82, 2.24) is 0 Å². The van der Waals surface area contributed by atoms with Gasteiger partial charge in [-0.3, -0.25) is 4.79 Å². The van der Waals surface area contributed by atoms with Crippen LogP contribution in [0.25, 0.3) is 0 Å². The number of ketones is 1. The number of carbonyl (C=O) groups excluding carboxylic acids is 1. The molecule has 1 unspecified atom stereocenters. The van der Waals surface area contributed by atoms with E-state index in [0.29, 0.717) is 17.9 Å². The highest BCUT2D eigenvalue weighted by atomic mass is 35.5. The summed E-state index contributed by atoms with van der Waals surface area (Å²) in [6, 6.07) is 5.33. The SMILES string of the molecule is CCOc1cc(S)ccc1C(Cl)C(C)=O. The van der Waals surface area contributed by atoms with E-state index in [1.165, 1.54) is 6.92 Å². The molecule has 4 heteroatoms. The van der Waals surface area contributed by atoms with Crippen LogP contribution in [-0.4, -0.2) is 12.4 Å². The summed E-state index contributed by atoms with van der Waals surface area (Å²) in [7, 11) is 0. The van der Waals surface area contributed by atoms with E-state index in [1.54, 1.807) is 18.2 Å². The second-order valence-corrected chi connectivity index (χ2v) is 4.08. The molecule has 0 aliphatic heterocycles. The van der Waals surface area contributed by atoms with E-state index in [-0.39, 0.29) is 5.78 Å². The predicted octanol–water partition coefficient (Wildman–Crippen LogP) is 3.24. The van der Waals surface area contributed by atoms with Crippen LogP contribution in [0.15, 0.2) is 23.1 Å². The molecule has 0 radical (unpaired) electrons. The Labute approximate surface area is 100.0 Å². The molecule has 0 aliphatic carbocycles. The maximum Gasteiger partial charge on any atom is 0.152 e. The van der Waals surface area contributed by atoms with Crippen LogP contribution in [0.2, 0.25) is 0 Å². The molecular weight excluding hydrogens is 232 g/mol. The smallest absolute Gasteiger partial charge is 0.152 e. The van der Waals surface area contributed by atoms with Crippen molar-refractivity contribution in [1.29, 1.82) is 0 Å². The summed E-state index contributed by atoms with van der Waals surface area (Å²) < 4.78 is 5.40. The van der Waals surface area contributed by atoms with E-state index in [9.17, 15) is 4.79 Å². The summed E-state index contributed by atoms with van der Waals surface area (Å²) in [6.45, 7) is 3.87. The fourth-order valence-electron chi connectivity index (χ4n) is 1.23. The van der Waals surface area contributed by atoms with Crippen LogP contribution in [0.3, 0.4) is 0 Å². The van der Waals surface area contributed by atoms with E-state index in [4.69, 9.17) is 16.3 Å². The summed E-state index contributed by atoms with van der Waals surface area (Å²) in [5, 5.41) is -0.652. The average Bonchev–Trinajstić information content (AvgIpc) is 2.17. The molecule has 0 aromatic heterocycles. The molecule has 0 saturated heterocycles. The van der Waals surface area contributed by atoms with Gasteiger partial charge in [-0.25, -0.2) is 0 Å². The molecule has 15 heavy (non-hydrogen) atoms. The van der Waals surface area contributed by atoms with Gasteiger partial charge >= 0.3 is 0 Å². The Balaban J connectivity index is 3.10. The highest BCUT2D eigenvalue weighted by Gasteiger charge is 2.17. The standard InChI is InChI=1S/C11H13ClO2S/c1-3-14-10-6-8(15)4-5-9(10)11(12)7(2)13/h4-6,11,15H,3H2,1-2H3. The van der Waals surface area contributed by atoms with Crippen LogP contribution in [0.1, 0.15) is 24.8 Å². The number of benzene rings is 1. The Hall–Kier alpha value is -0.670. The van der Waals surface area contributed by atoms with Gasteiger partial charge in [0, 0.05) is 10.5 Å². The Bertz CT molecular complexity index is 366. The topological polar surface area (TPSA) is 26.3 Å². The van der Waals surface area contributed by atoms with Crippen molar-refractivity contribution in [2.24, 2.45) is 0 Å². The lowest BCUT2D eigenvalue weighted by atomic mass is 10.1. The highest BCUT2D eigenvalue weighted by molar-refractivity contribution is 7.80. The number of halogens is 1. The summed E-state index contributed by atoms with van der Waals surface area (Å²) in [5.41, 5.74) is 0.698. The lowest BCUT2D eigenvalue weighted by Crippen LogP contribution is -2.05. The molecule has 0 fully saturated rings. The monoisotopic (exact) mass is 244 g/mol. The van der Waals surface area contributed by atoms with Crippen LogP contribution in [-0.2, 0) is 4.79 Å². The van der Waals surface area contributed by atoms with Gasteiger partial charge in [-0.2, -0.15) is 0 Å². The quantitative estimate of drug-likeness (QED) is 0.650. The zero-order chi connectivity index (χ0) is 11.4. The van der Waals surface area contributed by atoms with Gasteiger partial charge in [-0.05, 0) is 26.0 Å². The molecule has 1 aromatic carbocycles. The van der Waals surface area contributed by atoms with Crippen LogP contribution < -0.4 is 4.74 Å². The number of hydrogen-bond acceptors (Lipinski definition) is 3. The molecule has 0 heterocycles. The van der Waals surface area contributed by atoms with Crippen molar-refractivity contribution >= 4 is 30.0 Å². The Morgan fingerprint density at radius 2 is 2.27 bits per heavy atom. The van der Waals surface area contributed by atoms with Crippen molar-refractivity contribution < 1.29 is 9.53 Å². The predicted molar refractivity (Wildman–Crippen MR) is 64.1 cm³/mol. The molecular formula is C11H13ClO2S. The zero-order valence-corrected chi connectivity index (χ0v) is 10.3. The molecule has 82 valence electrons. The van der Waals surface area contributed by atoms with Crippen molar-refractivity contribution in [2.45, 2.75) is 24.1 Å². The minimum atomic E-state index is -0.652. The first-order valence-corrected chi connectivity index (χ1v) is 5.54. The minimum Gasteiger partial charge on any atom is -0.493 e. The first-order chi connectivity index (χ1) is 7.06. The number of carbonyl (C=O) groups is 1. The highest BCUT2D eigenvalue weighted by Crippen LogP contribution is 2.32. The number of hydrogen-bond donors (Lipinski definition) is 1. The second-order valence-electron chi connectivity index (χ2n) is 3.13. The molecule has 0 bridgehead atoms. The third kappa shape index (κ3) is 3.14. The maximum absolute atomic E-state index is 11.2. The average molecular weight is 245 g/mol. The van der Waals surface area contributed by atoms with Crippen LogP contribution in [0, 0.1) is 0 Å². The fourth-order valence-corrected chi connectivity index (χ4v) is 1.60. The van der Waals surface area contributed by atoms with E-state index in [1.807, 2.05) is 6.92 Å². The van der Waals surface area contributed by atoms with Crippen LogP contribution in [0.4, 0.5) is 0 Å². The van der Waals surface area contributed by atoms with Crippen LogP contribution in [0.5, 0.6) is 5.75 Å². The van der Waals surface area contributed by atoms with Gasteiger partial charge < -0.3 is 4.74 Å². The van der Waals surface area contributed by atoms with Gasteiger partial charge in [0.25, 0.3) is 0 Å². The molecule has 2 nitrogen and oxygen atoms in total. The largest absolute Gasteiger partial charge is 0.493 e. The van der Waals surface area contributed by atoms with Gasteiger partial charge in [-0.1, -0.05) is 6.07 Å². The summed E-state index contributed by atoms with van der Waals surface area (Å²) >= 11 is 10.2. The van der Waals surface area contributed by atoms with Gasteiger partial charge in [0.1, 0.15) is 11.1 Å². The molecule has 0 amide bonds. The van der Waals surface area contributed by atoms with E-state index in [0.717, 1.165) is 4.90 Å². The van der Waals surface area contributed by atoms with Crippen molar-refractivity contribution in [3.63, 3.8) is 0 Å².